The van der Waals surface area contributed by atoms with E-state index in [2.05, 4.69) is 15.5 Å². The zero-order valence-corrected chi connectivity index (χ0v) is 12.7. The van der Waals surface area contributed by atoms with Gasteiger partial charge in [0.05, 0.1) is 6.54 Å². The summed E-state index contributed by atoms with van der Waals surface area (Å²) in [4.78, 5) is 14.2. The Kier molecular flexibility index (Phi) is 5.56. The third-order valence-corrected chi connectivity index (χ3v) is 4.10. The highest BCUT2D eigenvalue weighted by atomic mass is 35.5. The Labute approximate surface area is 130 Å². The molecule has 0 radical (unpaired) electrons. The number of hydrogen-bond acceptors (Lipinski definition) is 3. The van der Waals surface area contributed by atoms with Crippen molar-refractivity contribution in [3.05, 3.63) is 30.1 Å². The van der Waals surface area contributed by atoms with E-state index in [4.69, 9.17) is 0 Å². The fraction of sp³-hybridized carbons (Fsp3) is 0.533. The number of anilines is 1. The van der Waals surface area contributed by atoms with Crippen LogP contribution < -0.4 is 10.6 Å². The predicted octanol–water partition coefficient (Wildman–Crippen LogP) is 2.01. The lowest BCUT2D eigenvalue weighted by Gasteiger charge is -2.23. The Bertz CT molecular complexity index is 482. The third kappa shape index (κ3) is 4.40. The van der Waals surface area contributed by atoms with E-state index in [-0.39, 0.29) is 24.1 Å². The smallest absolute Gasteiger partial charge is 0.238 e. The number of carbonyl (C=O) groups is 1. The molecule has 0 aliphatic carbocycles. The van der Waals surface area contributed by atoms with E-state index in [1.165, 1.54) is 25.0 Å². The van der Waals surface area contributed by atoms with Gasteiger partial charge in [-0.25, -0.2) is 4.39 Å². The average molecular weight is 314 g/mol. The van der Waals surface area contributed by atoms with Crippen LogP contribution in [0.5, 0.6) is 0 Å². The Hall–Kier alpha value is -1.17. The van der Waals surface area contributed by atoms with Gasteiger partial charge in [0.25, 0.3) is 0 Å². The number of rotatable bonds is 3. The average Bonchev–Trinajstić information content (AvgIpc) is 2.76. The molecule has 2 saturated heterocycles. The molecule has 0 aromatic heterocycles. The highest BCUT2D eigenvalue weighted by Gasteiger charge is 2.29. The number of hydrogen-bond donors (Lipinski definition) is 2. The van der Waals surface area contributed by atoms with Crippen LogP contribution in [0.25, 0.3) is 0 Å². The third-order valence-electron chi connectivity index (χ3n) is 4.10. The molecule has 2 heterocycles. The van der Waals surface area contributed by atoms with Crippen molar-refractivity contribution in [2.75, 3.05) is 25.0 Å². The summed E-state index contributed by atoms with van der Waals surface area (Å²) in [6.45, 7) is 2.31. The summed E-state index contributed by atoms with van der Waals surface area (Å²) in [5.41, 5.74) is 0.644. The van der Waals surface area contributed by atoms with Gasteiger partial charge in [-0.05, 0) is 43.5 Å². The molecular formula is C15H21ClFN3O. The minimum atomic E-state index is -0.294. The number of likely N-dealkylation sites (tertiary alicyclic amines) is 1. The zero-order valence-electron chi connectivity index (χ0n) is 11.8. The van der Waals surface area contributed by atoms with Crippen LogP contribution in [-0.2, 0) is 4.79 Å². The second-order valence-electron chi connectivity index (χ2n) is 5.72. The second-order valence-corrected chi connectivity index (χ2v) is 5.72. The first kappa shape index (κ1) is 16.2. The molecule has 2 N–H and O–H groups in total. The monoisotopic (exact) mass is 313 g/mol. The number of halogens is 2. The van der Waals surface area contributed by atoms with Crippen molar-refractivity contribution in [1.82, 2.24) is 10.2 Å². The molecule has 21 heavy (non-hydrogen) atoms. The SMILES string of the molecule is Cl.O=C(CN1CCC2CCC(C1)N2)Nc1ccc(F)cc1. The van der Waals surface area contributed by atoms with E-state index in [0.29, 0.717) is 24.3 Å². The van der Waals surface area contributed by atoms with Crippen molar-refractivity contribution in [3.63, 3.8) is 0 Å². The summed E-state index contributed by atoms with van der Waals surface area (Å²) in [5, 5.41) is 6.41. The van der Waals surface area contributed by atoms with E-state index in [1.54, 1.807) is 12.1 Å². The van der Waals surface area contributed by atoms with Crippen molar-refractivity contribution < 1.29 is 9.18 Å². The standard InChI is InChI=1S/C15H20FN3O.ClH/c16-11-1-3-12(4-2-11)18-15(20)10-19-8-7-13-5-6-14(9-19)17-13;/h1-4,13-14,17H,5-10H2,(H,18,20);1H. The van der Waals surface area contributed by atoms with E-state index in [0.717, 1.165) is 19.5 Å². The zero-order chi connectivity index (χ0) is 13.9. The largest absolute Gasteiger partial charge is 0.325 e. The van der Waals surface area contributed by atoms with E-state index in [1.807, 2.05) is 0 Å². The molecule has 0 saturated carbocycles. The van der Waals surface area contributed by atoms with Crippen LogP contribution in [0.1, 0.15) is 19.3 Å². The first-order valence-electron chi connectivity index (χ1n) is 7.23. The number of fused-ring (bicyclic) bond motifs is 2. The molecule has 2 aliphatic heterocycles. The number of nitrogens with zero attached hydrogens (tertiary/aromatic N) is 1. The highest BCUT2D eigenvalue weighted by molar-refractivity contribution is 5.92. The van der Waals surface area contributed by atoms with Gasteiger partial charge in [-0.1, -0.05) is 0 Å². The lowest BCUT2D eigenvalue weighted by molar-refractivity contribution is -0.117. The van der Waals surface area contributed by atoms with Crippen molar-refractivity contribution in [3.8, 4) is 0 Å². The highest BCUT2D eigenvalue weighted by Crippen LogP contribution is 2.20. The van der Waals surface area contributed by atoms with Gasteiger partial charge in [0, 0.05) is 30.9 Å². The lowest BCUT2D eigenvalue weighted by Crippen LogP contribution is -2.39. The normalized spacial score (nSPS) is 25.0. The maximum atomic E-state index is 12.8. The minimum Gasteiger partial charge on any atom is -0.325 e. The molecule has 4 nitrogen and oxygen atoms in total. The number of nitrogens with one attached hydrogen (secondary N) is 2. The minimum absolute atomic E-state index is 0. The van der Waals surface area contributed by atoms with E-state index in [9.17, 15) is 9.18 Å². The summed E-state index contributed by atoms with van der Waals surface area (Å²) >= 11 is 0. The van der Waals surface area contributed by atoms with Crippen molar-refractivity contribution in [2.24, 2.45) is 0 Å². The Balaban J connectivity index is 0.00000161. The number of amides is 1. The second kappa shape index (κ2) is 7.20. The van der Waals surface area contributed by atoms with E-state index < -0.39 is 0 Å². The fourth-order valence-electron chi connectivity index (χ4n) is 3.10. The first-order chi connectivity index (χ1) is 9.69. The molecule has 2 bridgehead atoms. The quantitative estimate of drug-likeness (QED) is 0.897. The van der Waals surface area contributed by atoms with Gasteiger partial charge in [-0.3, -0.25) is 9.69 Å². The van der Waals surface area contributed by atoms with Crippen molar-refractivity contribution in [1.29, 1.82) is 0 Å². The molecule has 2 aliphatic rings. The maximum absolute atomic E-state index is 12.8. The van der Waals surface area contributed by atoms with Gasteiger partial charge in [0.15, 0.2) is 0 Å². The molecular weight excluding hydrogens is 293 g/mol. The van der Waals surface area contributed by atoms with Crippen molar-refractivity contribution in [2.45, 2.75) is 31.3 Å². The first-order valence-corrected chi connectivity index (χ1v) is 7.23. The van der Waals surface area contributed by atoms with Crippen LogP contribution in [0.15, 0.2) is 24.3 Å². The van der Waals surface area contributed by atoms with Gasteiger partial charge in [-0.2, -0.15) is 0 Å². The summed E-state index contributed by atoms with van der Waals surface area (Å²) in [5.74, 6) is -0.327. The number of carbonyl (C=O) groups excluding carboxylic acids is 1. The van der Waals surface area contributed by atoms with Gasteiger partial charge in [-0.15, -0.1) is 12.4 Å². The summed E-state index contributed by atoms with van der Waals surface area (Å²) < 4.78 is 12.8. The van der Waals surface area contributed by atoms with Gasteiger partial charge < -0.3 is 10.6 Å². The summed E-state index contributed by atoms with van der Waals surface area (Å²) in [7, 11) is 0. The molecule has 2 unspecified atom stereocenters. The van der Waals surface area contributed by atoms with Gasteiger partial charge >= 0.3 is 0 Å². The summed E-state index contributed by atoms with van der Waals surface area (Å²) in [6, 6.07) is 7.03. The van der Waals surface area contributed by atoms with Crippen LogP contribution in [0.4, 0.5) is 10.1 Å². The lowest BCUT2D eigenvalue weighted by atomic mass is 10.1. The molecule has 1 amide bonds. The Morgan fingerprint density at radius 2 is 1.95 bits per heavy atom. The molecule has 1 aromatic rings. The van der Waals surface area contributed by atoms with Crippen LogP contribution in [-0.4, -0.2) is 42.5 Å². The molecule has 3 rings (SSSR count). The van der Waals surface area contributed by atoms with Gasteiger partial charge in [0.2, 0.25) is 5.91 Å². The van der Waals surface area contributed by atoms with Gasteiger partial charge in [0.1, 0.15) is 5.82 Å². The molecule has 0 spiro atoms. The molecule has 2 fully saturated rings. The molecule has 6 heteroatoms. The maximum Gasteiger partial charge on any atom is 0.238 e. The van der Waals surface area contributed by atoms with Crippen LogP contribution in [0.2, 0.25) is 0 Å². The van der Waals surface area contributed by atoms with Crippen molar-refractivity contribution >= 4 is 24.0 Å². The van der Waals surface area contributed by atoms with Crippen LogP contribution in [0.3, 0.4) is 0 Å². The van der Waals surface area contributed by atoms with E-state index >= 15 is 0 Å². The van der Waals surface area contributed by atoms with Crippen LogP contribution in [0, 0.1) is 5.82 Å². The molecule has 1 aromatic carbocycles. The predicted molar refractivity (Wildman–Crippen MR) is 83.3 cm³/mol. The topological polar surface area (TPSA) is 44.4 Å². The summed E-state index contributed by atoms with van der Waals surface area (Å²) in [6.07, 6.45) is 3.58. The Morgan fingerprint density at radius 1 is 1.24 bits per heavy atom. The van der Waals surface area contributed by atoms with Crippen LogP contribution >= 0.6 is 12.4 Å². The Morgan fingerprint density at radius 3 is 2.71 bits per heavy atom. The number of benzene rings is 1. The molecule has 2 atom stereocenters. The fourth-order valence-corrected chi connectivity index (χ4v) is 3.10. The molecule has 116 valence electrons.